The molecule has 0 fully saturated rings. The fourth-order valence-electron chi connectivity index (χ4n) is 3.56. The Labute approximate surface area is 139 Å². The molecule has 0 bridgehead atoms. The maximum atomic E-state index is 11.9. The zero-order valence-corrected chi connectivity index (χ0v) is 15.4. The van der Waals surface area contributed by atoms with E-state index in [4.69, 9.17) is 0 Å². The van der Waals surface area contributed by atoms with Gasteiger partial charge in [0.25, 0.3) is 0 Å². The third kappa shape index (κ3) is 4.95. The van der Waals surface area contributed by atoms with Crippen molar-refractivity contribution in [2.24, 2.45) is 22.2 Å². The van der Waals surface area contributed by atoms with Crippen LogP contribution >= 0.6 is 0 Å². The smallest absolute Gasteiger partial charge is 0.332 e. The van der Waals surface area contributed by atoms with Crippen LogP contribution in [-0.2, 0) is 9.59 Å². The summed E-state index contributed by atoms with van der Waals surface area (Å²) < 4.78 is 0. The lowest BCUT2D eigenvalue weighted by Crippen LogP contribution is -2.35. The molecule has 0 aliphatic heterocycles. The van der Waals surface area contributed by atoms with Gasteiger partial charge in [-0.15, -0.1) is 0 Å². The zero-order valence-electron chi connectivity index (χ0n) is 15.4. The number of carbonyl (C=O) groups is 2. The summed E-state index contributed by atoms with van der Waals surface area (Å²) in [7, 11) is 0. The maximum Gasteiger partial charge on any atom is 0.332 e. The summed E-state index contributed by atoms with van der Waals surface area (Å²) in [5.74, 6) is -3.30. The number of allylic oxidation sites excluding steroid dienone is 2. The molecule has 0 saturated heterocycles. The summed E-state index contributed by atoms with van der Waals surface area (Å²) in [4.78, 5) is 23.4. The Hall–Kier alpha value is -1.58. The van der Waals surface area contributed by atoms with Gasteiger partial charge < -0.3 is 10.2 Å². The molecule has 1 aliphatic carbocycles. The number of aliphatic carboxylic acids is 2. The molecule has 0 heterocycles. The second kappa shape index (κ2) is 6.14. The summed E-state index contributed by atoms with van der Waals surface area (Å²) >= 11 is 0. The summed E-state index contributed by atoms with van der Waals surface area (Å²) in [6, 6.07) is 0. The lowest BCUT2D eigenvalue weighted by atomic mass is 9.62. The van der Waals surface area contributed by atoms with Crippen LogP contribution in [0, 0.1) is 22.2 Å². The number of hydrogen-bond acceptors (Lipinski definition) is 2. The maximum absolute atomic E-state index is 11.9. The van der Waals surface area contributed by atoms with E-state index in [2.05, 4.69) is 20.8 Å². The van der Waals surface area contributed by atoms with Crippen LogP contribution in [0.1, 0.15) is 61.3 Å². The van der Waals surface area contributed by atoms with Gasteiger partial charge >= 0.3 is 11.9 Å². The van der Waals surface area contributed by atoms with Crippen LogP contribution in [0.3, 0.4) is 0 Å². The Kier molecular flexibility index (Phi) is 5.20. The third-order valence-corrected chi connectivity index (χ3v) is 4.08. The molecule has 2 atom stereocenters. The average molecular weight is 322 g/mol. The fourth-order valence-corrected chi connectivity index (χ4v) is 3.56. The summed E-state index contributed by atoms with van der Waals surface area (Å²) in [5.41, 5.74) is 0.236. The van der Waals surface area contributed by atoms with Crippen LogP contribution in [0.5, 0.6) is 0 Å². The second-order valence-electron chi connectivity index (χ2n) is 9.26. The molecule has 4 heteroatoms. The van der Waals surface area contributed by atoms with Gasteiger partial charge in [-0.2, -0.15) is 0 Å². The highest BCUT2D eigenvalue weighted by molar-refractivity contribution is 5.96. The minimum Gasteiger partial charge on any atom is -0.481 e. The average Bonchev–Trinajstić information content (AvgIpc) is 2.26. The van der Waals surface area contributed by atoms with Gasteiger partial charge in [0, 0.05) is 5.41 Å². The van der Waals surface area contributed by atoms with Gasteiger partial charge in [0.1, 0.15) is 5.92 Å². The molecule has 0 radical (unpaired) electrons. The molecule has 1 rings (SSSR count). The van der Waals surface area contributed by atoms with Crippen molar-refractivity contribution < 1.29 is 19.8 Å². The SMILES string of the molecule is CC(C)(C)CC1=C(C(=O)O)C(C(=O)O)C=CC1(C)CC(C)(C)C. The molecule has 0 aromatic carbocycles. The molecule has 2 unspecified atom stereocenters. The minimum absolute atomic E-state index is 0.00188. The third-order valence-electron chi connectivity index (χ3n) is 4.08. The molecule has 0 aromatic heterocycles. The molecule has 0 aromatic rings. The largest absolute Gasteiger partial charge is 0.481 e. The Bertz CT molecular complexity index is 555. The monoisotopic (exact) mass is 322 g/mol. The van der Waals surface area contributed by atoms with E-state index in [9.17, 15) is 19.8 Å². The van der Waals surface area contributed by atoms with E-state index in [1.54, 1.807) is 6.08 Å². The van der Waals surface area contributed by atoms with E-state index in [1.807, 2.05) is 33.8 Å². The lowest BCUT2D eigenvalue weighted by Gasteiger charge is -2.41. The molecule has 23 heavy (non-hydrogen) atoms. The van der Waals surface area contributed by atoms with Crippen LogP contribution in [-0.4, -0.2) is 22.2 Å². The predicted molar refractivity (Wildman–Crippen MR) is 91.2 cm³/mol. The van der Waals surface area contributed by atoms with Crippen molar-refractivity contribution in [1.82, 2.24) is 0 Å². The second-order valence-corrected chi connectivity index (χ2v) is 9.26. The normalized spacial score (nSPS) is 25.6. The molecular formula is C19H30O4. The molecule has 0 saturated carbocycles. The highest BCUT2D eigenvalue weighted by Crippen LogP contribution is 2.49. The van der Waals surface area contributed by atoms with Gasteiger partial charge in [-0.3, -0.25) is 4.79 Å². The number of carboxylic acids is 2. The van der Waals surface area contributed by atoms with Crippen LogP contribution < -0.4 is 0 Å². The van der Waals surface area contributed by atoms with Gasteiger partial charge in [0.15, 0.2) is 0 Å². The quantitative estimate of drug-likeness (QED) is 0.746. The van der Waals surface area contributed by atoms with Crippen LogP contribution in [0.2, 0.25) is 0 Å². The van der Waals surface area contributed by atoms with Crippen molar-refractivity contribution in [3.8, 4) is 0 Å². The first kappa shape index (κ1) is 19.5. The van der Waals surface area contributed by atoms with Crippen LogP contribution in [0.15, 0.2) is 23.3 Å². The van der Waals surface area contributed by atoms with E-state index >= 15 is 0 Å². The van der Waals surface area contributed by atoms with Crippen LogP contribution in [0.4, 0.5) is 0 Å². The van der Waals surface area contributed by atoms with Crippen LogP contribution in [0.25, 0.3) is 0 Å². The van der Waals surface area contributed by atoms with Crippen molar-refractivity contribution in [3.05, 3.63) is 23.3 Å². The highest BCUT2D eigenvalue weighted by Gasteiger charge is 2.42. The Morgan fingerprint density at radius 3 is 1.96 bits per heavy atom. The molecule has 0 amide bonds. The molecule has 1 aliphatic rings. The van der Waals surface area contributed by atoms with E-state index in [0.29, 0.717) is 6.42 Å². The van der Waals surface area contributed by atoms with E-state index < -0.39 is 23.3 Å². The number of rotatable bonds is 4. The zero-order chi connectivity index (χ0) is 18.2. The first-order valence-electron chi connectivity index (χ1n) is 8.05. The summed E-state index contributed by atoms with van der Waals surface area (Å²) in [6.07, 6.45) is 4.79. The van der Waals surface area contributed by atoms with E-state index in [1.165, 1.54) is 0 Å². The lowest BCUT2D eigenvalue weighted by molar-refractivity contribution is -0.142. The first-order chi connectivity index (χ1) is 10.2. The Balaban J connectivity index is 3.56. The van der Waals surface area contributed by atoms with E-state index in [-0.39, 0.29) is 16.4 Å². The Morgan fingerprint density at radius 1 is 1.09 bits per heavy atom. The molecule has 130 valence electrons. The van der Waals surface area contributed by atoms with Crippen molar-refractivity contribution in [1.29, 1.82) is 0 Å². The minimum atomic E-state index is -1.12. The summed E-state index contributed by atoms with van der Waals surface area (Å²) in [6.45, 7) is 14.5. The van der Waals surface area contributed by atoms with Gasteiger partial charge in [-0.05, 0) is 29.2 Å². The first-order valence-corrected chi connectivity index (χ1v) is 8.05. The fraction of sp³-hybridized carbons (Fsp3) is 0.684. The highest BCUT2D eigenvalue weighted by atomic mass is 16.4. The van der Waals surface area contributed by atoms with Crippen molar-refractivity contribution in [2.75, 3.05) is 0 Å². The number of carboxylic acid groups (broad SMARTS) is 2. The Morgan fingerprint density at radius 2 is 1.61 bits per heavy atom. The van der Waals surface area contributed by atoms with Gasteiger partial charge in [0.05, 0.1) is 5.57 Å². The predicted octanol–water partition coefficient (Wildman–Crippen LogP) is 4.52. The number of hydrogen-bond donors (Lipinski definition) is 2. The van der Waals surface area contributed by atoms with Crippen molar-refractivity contribution in [3.63, 3.8) is 0 Å². The standard InChI is InChI=1S/C19H30O4/c1-17(2,3)10-13-14(16(22)23)12(15(20)21)8-9-19(13,7)11-18(4,5)6/h8-9,12H,10-11H2,1-7H3,(H,20,21)(H,22,23). The van der Waals surface area contributed by atoms with E-state index in [0.717, 1.165) is 12.0 Å². The van der Waals surface area contributed by atoms with Crippen molar-refractivity contribution >= 4 is 11.9 Å². The van der Waals surface area contributed by atoms with Gasteiger partial charge in [-0.1, -0.05) is 60.6 Å². The molecular weight excluding hydrogens is 292 g/mol. The topological polar surface area (TPSA) is 74.6 Å². The molecule has 4 nitrogen and oxygen atoms in total. The van der Waals surface area contributed by atoms with Gasteiger partial charge in [0.2, 0.25) is 0 Å². The molecule has 2 N–H and O–H groups in total. The molecule has 0 spiro atoms. The van der Waals surface area contributed by atoms with Crippen molar-refractivity contribution in [2.45, 2.75) is 61.3 Å². The summed E-state index contributed by atoms with van der Waals surface area (Å²) in [5, 5.41) is 19.1. The van der Waals surface area contributed by atoms with Gasteiger partial charge in [-0.25, -0.2) is 4.79 Å².